The predicted molar refractivity (Wildman–Crippen MR) is 26.9 cm³/mol. The van der Waals surface area contributed by atoms with Gasteiger partial charge in [0.25, 0.3) is 0 Å². The van der Waals surface area contributed by atoms with Crippen molar-refractivity contribution in [2.24, 2.45) is 10.4 Å². The molecule has 3 nitrogen and oxygen atoms in total. The van der Waals surface area contributed by atoms with Crippen molar-refractivity contribution < 1.29 is 4.84 Å². The molecule has 0 aromatic rings. The van der Waals surface area contributed by atoms with Crippen molar-refractivity contribution >= 4 is 0 Å². The topological polar surface area (TPSA) is 34.0 Å². The molecular weight excluding hydrogens is 92.1 g/mol. The van der Waals surface area contributed by atoms with Crippen molar-refractivity contribution in [2.45, 2.75) is 0 Å². The average Bonchev–Trinajstić information content (AvgIpc) is 1.69. The van der Waals surface area contributed by atoms with Crippen LogP contribution in [0.25, 0.3) is 0 Å². The van der Waals surface area contributed by atoms with E-state index < -0.39 is 0 Å². The van der Waals surface area contributed by atoms with Gasteiger partial charge in [0.1, 0.15) is 6.61 Å². The molecule has 0 fully saturated rings. The average molecular weight is 100 g/mol. The van der Waals surface area contributed by atoms with E-state index in [1.807, 2.05) is 0 Å². The second-order valence-electron chi connectivity index (χ2n) is 0.866. The van der Waals surface area contributed by atoms with Crippen LogP contribution in [0.3, 0.4) is 0 Å². The van der Waals surface area contributed by atoms with E-state index in [9.17, 15) is 0 Å². The van der Waals surface area contributed by atoms with Gasteiger partial charge in [0, 0.05) is 5.28 Å². The predicted octanol–water partition coefficient (Wildman–Crippen LogP) is 1.19. The normalized spacial score (nSPS) is 9.29. The van der Waals surface area contributed by atoms with Crippen LogP contribution in [0, 0.1) is 0 Å². The molecule has 3 heteroatoms. The zero-order valence-electron chi connectivity index (χ0n) is 4.29. The van der Waals surface area contributed by atoms with E-state index in [1.165, 1.54) is 0 Å². The molecule has 0 saturated carbocycles. The number of hydrogen-bond donors (Lipinski definition) is 0. The lowest BCUT2D eigenvalue weighted by Crippen LogP contribution is -1.76. The van der Waals surface area contributed by atoms with Gasteiger partial charge in [-0.1, -0.05) is 12.7 Å². The monoisotopic (exact) mass is 100 g/mol. The van der Waals surface area contributed by atoms with E-state index in [0.29, 0.717) is 6.61 Å². The van der Waals surface area contributed by atoms with Gasteiger partial charge in [-0.05, 0) is 0 Å². The van der Waals surface area contributed by atoms with Gasteiger partial charge in [-0.25, -0.2) is 0 Å². The van der Waals surface area contributed by atoms with Gasteiger partial charge in [-0.15, -0.1) is 0 Å². The molecule has 0 rings (SSSR count). The zero-order valence-corrected chi connectivity index (χ0v) is 4.29. The van der Waals surface area contributed by atoms with Crippen LogP contribution in [-0.2, 0) is 4.84 Å². The van der Waals surface area contributed by atoms with Gasteiger partial charge in [0.15, 0.2) is 0 Å². The first-order valence-corrected chi connectivity index (χ1v) is 1.93. The molecule has 40 valence electrons. The maximum Gasteiger partial charge on any atom is 0.136 e. The first-order chi connectivity index (χ1) is 3.41. The molecule has 0 saturated heterocycles. The Kier molecular flexibility index (Phi) is 4.51. The van der Waals surface area contributed by atoms with Crippen molar-refractivity contribution in [3.8, 4) is 0 Å². The van der Waals surface area contributed by atoms with Crippen molar-refractivity contribution in [2.75, 3.05) is 13.7 Å². The molecule has 0 radical (unpaired) electrons. The highest BCUT2D eigenvalue weighted by atomic mass is 16.6. The third kappa shape index (κ3) is 5.14. The van der Waals surface area contributed by atoms with Crippen LogP contribution >= 0.6 is 0 Å². The second-order valence-corrected chi connectivity index (χ2v) is 0.866. The highest BCUT2D eigenvalue weighted by Crippen LogP contribution is 1.74. The third-order valence-corrected chi connectivity index (χ3v) is 0.332. The molecule has 0 amide bonds. The molecule has 0 heterocycles. The fraction of sp³-hybridized carbons (Fsp3) is 0.500. The summed E-state index contributed by atoms with van der Waals surface area (Å²) >= 11 is 0. The quantitative estimate of drug-likeness (QED) is 0.227. The summed E-state index contributed by atoms with van der Waals surface area (Å²) in [5.74, 6) is 0. The first-order valence-electron chi connectivity index (χ1n) is 1.93. The second kappa shape index (κ2) is 5.14. The smallest absolute Gasteiger partial charge is 0.136 e. The van der Waals surface area contributed by atoms with Crippen molar-refractivity contribution in [3.63, 3.8) is 0 Å². The lowest BCUT2D eigenvalue weighted by atomic mass is 10.7. The number of hydrogen-bond acceptors (Lipinski definition) is 3. The Morgan fingerprint density at radius 2 is 2.57 bits per heavy atom. The summed E-state index contributed by atoms with van der Waals surface area (Å²) in [6.45, 7) is 3.83. The summed E-state index contributed by atoms with van der Waals surface area (Å²) in [6.07, 6.45) is 1.61. The molecule has 0 aromatic carbocycles. The number of nitrogens with zero attached hydrogens (tertiary/aromatic N) is 2. The van der Waals surface area contributed by atoms with Crippen molar-refractivity contribution in [3.05, 3.63) is 12.7 Å². The van der Waals surface area contributed by atoms with Crippen LogP contribution in [0.15, 0.2) is 23.0 Å². The highest BCUT2D eigenvalue weighted by Gasteiger charge is 1.66. The third-order valence-electron chi connectivity index (χ3n) is 0.332. The van der Waals surface area contributed by atoms with Crippen LogP contribution < -0.4 is 0 Å². The molecule has 0 aliphatic rings. The molecule has 0 aromatic heterocycles. The van der Waals surface area contributed by atoms with Crippen LogP contribution in [-0.4, -0.2) is 13.7 Å². The molecule has 0 bridgehead atoms. The van der Waals surface area contributed by atoms with Gasteiger partial charge >= 0.3 is 0 Å². The molecular formula is C4H8N2O. The highest BCUT2D eigenvalue weighted by molar-refractivity contribution is 4.62. The van der Waals surface area contributed by atoms with E-state index in [4.69, 9.17) is 0 Å². The van der Waals surface area contributed by atoms with E-state index in [2.05, 4.69) is 21.8 Å². The van der Waals surface area contributed by atoms with Crippen LogP contribution in [0.1, 0.15) is 0 Å². The molecule has 7 heavy (non-hydrogen) atoms. The molecule has 0 unspecified atom stereocenters. The van der Waals surface area contributed by atoms with Gasteiger partial charge in [-0.3, -0.25) is 0 Å². The van der Waals surface area contributed by atoms with E-state index >= 15 is 0 Å². The van der Waals surface area contributed by atoms with E-state index in [1.54, 1.807) is 13.1 Å². The summed E-state index contributed by atoms with van der Waals surface area (Å²) in [5, 5.41) is 6.54. The Morgan fingerprint density at radius 1 is 1.86 bits per heavy atom. The summed E-state index contributed by atoms with van der Waals surface area (Å²) in [4.78, 5) is 4.47. The lowest BCUT2D eigenvalue weighted by Gasteiger charge is -1.84. The Labute approximate surface area is 42.7 Å². The van der Waals surface area contributed by atoms with Crippen LogP contribution in [0.5, 0.6) is 0 Å². The minimum atomic E-state index is 0.428. The van der Waals surface area contributed by atoms with E-state index in [-0.39, 0.29) is 0 Å². The fourth-order valence-electron chi connectivity index (χ4n) is 0.144. The minimum absolute atomic E-state index is 0.428. The summed E-state index contributed by atoms with van der Waals surface area (Å²) in [7, 11) is 1.54. The van der Waals surface area contributed by atoms with Gasteiger partial charge in [0.05, 0.1) is 7.05 Å². The van der Waals surface area contributed by atoms with E-state index in [0.717, 1.165) is 0 Å². The Hall–Kier alpha value is -0.860. The lowest BCUT2D eigenvalue weighted by molar-refractivity contribution is 0.152. The standard InChI is InChI=1S/C4H8N2O/c1-3-4-7-6-5-2/h3H,1,4H2,2H3. The summed E-state index contributed by atoms with van der Waals surface area (Å²) in [5.41, 5.74) is 0. The minimum Gasteiger partial charge on any atom is -0.375 e. The van der Waals surface area contributed by atoms with Gasteiger partial charge < -0.3 is 4.84 Å². The zero-order chi connectivity index (χ0) is 5.54. The molecule has 0 atom stereocenters. The maximum absolute atomic E-state index is 4.47. The van der Waals surface area contributed by atoms with Crippen molar-refractivity contribution in [1.29, 1.82) is 0 Å². The largest absolute Gasteiger partial charge is 0.375 e. The van der Waals surface area contributed by atoms with Gasteiger partial charge in [0.2, 0.25) is 0 Å². The Bertz CT molecular complexity index is 70.1. The van der Waals surface area contributed by atoms with Crippen molar-refractivity contribution in [1.82, 2.24) is 0 Å². The SMILES string of the molecule is C=CCON=NC. The Morgan fingerprint density at radius 3 is 3.00 bits per heavy atom. The van der Waals surface area contributed by atoms with Gasteiger partial charge in [-0.2, -0.15) is 5.11 Å². The molecule has 0 aliphatic carbocycles. The fourth-order valence-corrected chi connectivity index (χ4v) is 0.144. The first kappa shape index (κ1) is 6.14. The Balaban J connectivity index is 2.82. The van der Waals surface area contributed by atoms with Crippen LogP contribution in [0.2, 0.25) is 0 Å². The summed E-state index contributed by atoms with van der Waals surface area (Å²) < 4.78 is 0. The molecule has 0 N–H and O–H groups in total. The van der Waals surface area contributed by atoms with Crippen LogP contribution in [0.4, 0.5) is 0 Å². The molecule has 0 aliphatic heterocycles. The molecule has 0 spiro atoms. The maximum atomic E-state index is 4.47. The number of rotatable bonds is 3. The summed E-state index contributed by atoms with van der Waals surface area (Å²) in [6, 6.07) is 0.